The molecular formula is C36H29NO6. The molecule has 0 radical (unpaired) electrons. The number of esters is 1. The molecule has 43 heavy (non-hydrogen) atoms. The van der Waals surface area contributed by atoms with Crippen molar-refractivity contribution < 1.29 is 28.6 Å². The number of rotatable bonds is 10. The Labute approximate surface area is 249 Å². The number of hydrogen-bond acceptors (Lipinski definition) is 6. The number of carbonyl (C=O) groups excluding carboxylic acids is 3. The molecule has 0 atom stereocenters. The Kier molecular flexibility index (Phi) is 7.87. The summed E-state index contributed by atoms with van der Waals surface area (Å²) in [6.07, 6.45) is 0.0977. The van der Waals surface area contributed by atoms with E-state index in [1.807, 2.05) is 72.8 Å². The number of carbonyl (C=O) groups is 3. The van der Waals surface area contributed by atoms with Crippen LogP contribution in [-0.4, -0.2) is 24.4 Å². The minimum absolute atomic E-state index is 0.0977. The Morgan fingerprint density at radius 1 is 0.651 bits per heavy atom. The topological polar surface area (TPSA) is 82.1 Å². The number of fused-ring (bicyclic) bond motifs is 3. The van der Waals surface area contributed by atoms with Gasteiger partial charge in [0.2, 0.25) is 0 Å². The molecule has 0 aliphatic carbocycles. The van der Waals surface area contributed by atoms with E-state index in [0.717, 1.165) is 21.4 Å². The molecule has 0 unspecified atom stereocenters. The number of amides is 2. The molecule has 0 bridgehead atoms. The summed E-state index contributed by atoms with van der Waals surface area (Å²) in [4.78, 5) is 41.3. The molecular weight excluding hydrogens is 542 g/mol. The maximum absolute atomic E-state index is 14.1. The molecule has 0 saturated heterocycles. The molecule has 0 spiro atoms. The van der Waals surface area contributed by atoms with Crippen LogP contribution in [0.5, 0.6) is 11.5 Å². The highest BCUT2D eigenvalue weighted by Crippen LogP contribution is 2.43. The molecule has 2 amide bonds. The first-order valence-electron chi connectivity index (χ1n) is 14.1. The van der Waals surface area contributed by atoms with E-state index in [0.29, 0.717) is 41.3 Å². The minimum Gasteiger partial charge on any atom is -0.488 e. The lowest BCUT2D eigenvalue weighted by Crippen LogP contribution is -2.29. The summed E-state index contributed by atoms with van der Waals surface area (Å²) in [5.74, 6) is -0.470. The Hall–Kier alpha value is -5.43. The predicted molar refractivity (Wildman–Crippen MR) is 163 cm³/mol. The molecule has 0 fully saturated rings. The average Bonchev–Trinajstić information content (AvgIpc) is 3.30. The largest absolute Gasteiger partial charge is 0.488 e. The van der Waals surface area contributed by atoms with Crippen molar-refractivity contribution in [3.63, 3.8) is 0 Å². The lowest BCUT2D eigenvalue weighted by molar-refractivity contribution is -0.142. The molecule has 5 aromatic carbocycles. The van der Waals surface area contributed by atoms with E-state index in [2.05, 4.69) is 0 Å². The fraction of sp³-hybridized carbons (Fsp3) is 0.139. The molecule has 1 aliphatic heterocycles. The highest BCUT2D eigenvalue weighted by molar-refractivity contribution is 6.39. The summed E-state index contributed by atoms with van der Waals surface area (Å²) >= 11 is 0. The molecule has 0 saturated carbocycles. The van der Waals surface area contributed by atoms with Crippen LogP contribution in [0, 0.1) is 0 Å². The number of benzene rings is 5. The molecule has 7 heteroatoms. The van der Waals surface area contributed by atoms with E-state index in [9.17, 15) is 14.4 Å². The first-order chi connectivity index (χ1) is 21.0. The highest BCUT2D eigenvalue weighted by atomic mass is 16.5. The SMILES string of the molecule is CCOC(=O)Cc1ccc(N2C(=O)c3c(OCc4ccccc4)cc4cccc(OCc5ccccc5)c4c3C2=O)cc1. The molecule has 0 N–H and O–H groups in total. The lowest BCUT2D eigenvalue weighted by Gasteiger charge is -2.15. The first-order valence-corrected chi connectivity index (χ1v) is 14.1. The smallest absolute Gasteiger partial charge is 0.310 e. The van der Waals surface area contributed by atoms with Gasteiger partial charge in [0, 0.05) is 5.39 Å². The summed E-state index contributed by atoms with van der Waals surface area (Å²) in [7, 11) is 0. The van der Waals surface area contributed by atoms with Crippen molar-refractivity contribution in [2.24, 2.45) is 0 Å². The van der Waals surface area contributed by atoms with Crippen LogP contribution in [0.3, 0.4) is 0 Å². The highest BCUT2D eigenvalue weighted by Gasteiger charge is 2.41. The van der Waals surface area contributed by atoms with Crippen LogP contribution < -0.4 is 14.4 Å². The van der Waals surface area contributed by atoms with Crippen LogP contribution in [0.4, 0.5) is 5.69 Å². The van der Waals surface area contributed by atoms with Crippen molar-refractivity contribution in [1.29, 1.82) is 0 Å². The molecule has 7 nitrogen and oxygen atoms in total. The van der Waals surface area contributed by atoms with Crippen molar-refractivity contribution in [1.82, 2.24) is 0 Å². The van der Waals surface area contributed by atoms with E-state index in [1.165, 1.54) is 0 Å². The Bertz CT molecular complexity index is 1800. The lowest BCUT2D eigenvalue weighted by atomic mass is 9.98. The maximum Gasteiger partial charge on any atom is 0.310 e. The Morgan fingerprint density at radius 2 is 1.26 bits per heavy atom. The van der Waals surface area contributed by atoms with E-state index in [4.69, 9.17) is 14.2 Å². The van der Waals surface area contributed by atoms with Gasteiger partial charge < -0.3 is 14.2 Å². The monoisotopic (exact) mass is 571 g/mol. The number of hydrogen-bond donors (Lipinski definition) is 0. The molecule has 0 aromatic heterocycles. The fourth-order valence-electron chi connectivity index (χ4n) is 5.22. The quantitative estimate of drug-likeness (QED) is 0.134. The molecule has 5 aromatic rings. The van der Waals surface area contributed by atoms with Gasteiger partial charge in [-0.25, -0.2) is 4.90 Å². The summed E-state index contributed by atoms with van der Waals surface area (Å²) in [6.45, 7) is 2.58. The van der Waals surface area contributed by atoms with Gasteiger partial charge in [0.15, 0.2) is 0 Å². The predicted octanol–water partition coefficient (Wildman–Crippen LogP) is 6.90. The summed E-state index contributed by atoms with van der Waals surface area (Å²) in [5, 5.41) is 1.28. The normalized spacial score (nSPS) is 12.3. The van der Waals surface area contributed by atoms with Gasteiger partial charge >= 0.3 is 5.97 Å². The third-order valence-electron chi connectivity index (χ3n) is 7.25. The van der Waals surface area contributed by atoms with Gasteiger partial charge in [-0.2, -0.15) is 0 Å². The summed E-state index contributed by atoms with van der Waals surface area (Å²) in [5.41, 5.74) is 3.45. The van der Waals surface area contributed by atoms with E-state index >= 15 is 0 Å². The Morgan fingerprint density at radius 3 is 1.88 bits per heavy atom. The van der Waals surface area contributed by atoms with Crippen LogP contribution in [0.2, 0.25) is 0 Å². The molecule has 214 valence electrons. The van der Waals surface area contributed by atoms with Crippen LogP contribution in [0.25, 0.3) is 10.8 Å². The average molecular weight is 572 g/mol. The molecule has 6 rings (SSSR count). The fourth-order valence-corrected chi connectivity index (χ4v) is 5.22. The van der Waals surface area contributed by atoms with E-state index in [1.54, 1.807) is 43.3 Å². The van der Waals surface area contributed by atoms with Gasteiger partial charge in [0.25, 0.3) is 11.8 Å². The standard InChI is InChI=1S/C36H29NO6/c1-2-41-31(38)20-24-16-18-28(19-17-24)37-35(39)33-30(43-23-26-12-7-4-8-13-26)21-27-14-9-15-29(32(27)34(33)36(37)40)42-22-25-10-5-3-6-11-25/h3-19,21H,2,20,22-23H2,1H3. The first kappa shape index (κ1) is 27.7. The Balaban J connectivity index is 1.40. The maximum atomic E-state index is 14.1. The van der Waals surface area contributed by atoms with Gasteiger partial charge in [0.1, 0.15) is 24.7 Å². The number of ether oxygens (including phenoxy) is 3. The van der Waals surface area contributed by atoms with Gasteiger partial charge in [-0.3, -0.25) is 14.4 Å². The van der Waals surface area contributed by atoms with Crippen molar-refractivity contribution in [2.45, 2.75) is 26.6 Å². The van der Waals surface area contributed by atoms with Crippen LogP contribution in [0.15, 0.2) is 109 Å². The van der Waals surface area contributed by atoms with Crippen molar-refractivity contribution >= 4 is 34.2 Å². The zero-order chi connectivity index (χ0) is 29.8. The number of imide groups is 1. The minimum atomic E-state index is -0.485. The van der Waals surface area contributed by atoms with Crippen molar-refractivity contribution in [2.75, 3.05) is 11.5 Å². The van der Waals surface area contributed by atoms with Gasteiger partial charge in [-0.05, 0) is 53.3 Å². The zero-order valence-electron chi connectivity index (χ0n) is 23.6. The second-order valence-corrected chi connectivity index (χ2v) is 10.1. The third-order valence-corrected chi connectivity index (χ3v) is 7.25. The zero-order valence-corrected chi connectivity index (χ0v) is 23.6. The van der Waals surface area contributed by atoms with Crippen LogP contribution in [0.1, 0.15) is 44.3 Å². The van der Waals surface area contributed by atoms with Crippen LogP contribution >= 0.6 is 0 Å². The number of anilines is 1. The second kappa shape index (κ2) is 12.2. The summed E-state index contributed by atoms with van der Waals surface area (Å²) < 4.78 is 17.5. The molecule has 1 heterocycles. The van der Waals surface area contributed by atoms with Crippen molar-refractivity contribution in [3.05, 3.63) is 137 Å². The summed E-state index contributed by atoms with van der Waals surface area (Å²) in [6, 6.07) is 33.5. The van der Waals surface area contributed by atoms with E-state index < -0.39 is 11.8 Å². The number of nitrogens with zero attached hydrogens (tertiary/aromatic N) is 1. The third kappa shape index (κ3) is 5.70. The van der Waals surface area contributed by atoms with Crippen LogP contribution in [-0.2, 0) is 29.2 Å². The van der Waals surface area contributed by atoms with Gasteiger partial charge in [0.05, 0.1) is 29.8 Å². The van der Waals surface area contributed by atoms with Gasteiger partial charge in [-0.15, -0.1) is 0 Å². The van der Waals surface area contributed by atoms with E-state index in [-0.39, 0.29) is 30.1 Å². The molecule has 1 aliphatic rings. The van der Waals surface area contributed by atoms with Gasteiger partial charge in [-0.1, -0.05) is 84.9 Å². The second-order valence-electron chi connectivity index (χ2n) is 10.1. The van der Waals surface area contributed by atoms with Crippen molar-refractivity contribution in [3.8, 4) is 11.5 Å².